The molecule has 2 atom stereocenters. The number of methoxy groups -OCH3 is 1. The van der Waals surface area contributed by atoms with E-state index in [1.54, 1.807) is 13.2 Å². The van der Waals surface area contributed by atoms with Gasteiger partial charge < -0.3 is 20.3 Å². The van der Waals surface area contributed by atoms with Crippen LogP contribution in [0.3, 0.4) is 0 Å². The molecule has 0 aromatic heterocycles. The highest BCUT2D eigenvalue weighted by Gasteiger charge is 2.24. The normalized spacial score (nSPS) is 21.4. The predicted octanol–water partition coefficient (Wildman–Crippen LogP) is 2.38. The van der Waals surface area contributed by atoms with Gasteiger partial charge in [-0.05, 0) is 36.8 Å². The Balaban J connectivity index is 1.98. The first-order chi connectivity index (χ1) is 10.2. The molecule has 1 aromatic rings. The van der Waals surface area contributed by atoms with Gasteiger partial charge in [0.05, 0.1) is 13.2 Å². The van der Waals surface area contributed by atoms with Gasteiger partial charge in [-0.25, -0.2) is 0 Å². The van der Waals surface area contributed by atoms with Gasteiger partial charge in [-0.15, -0.1) is 6.58 Å². The van der Waals surface area contributed by atoms with E-state index < -0.39 is 0 Å². The summed E-state index contributed by atoms with van der Waals surface area (Å²) in [7, 11) is 1.55. The third-order valence-electron chi connectivity index (χ3n) is 4.15. The van der Waals surface area contributed by atoms with Crippen LogP contribution in [-0.2, 0) is 13.0 Å². The molecule has 21 heavy (non-hydrogen) atoms. The van der Waals surface area contributed by atoms with Crippen LogP contribution in [0.4, 0.5) is 0 Å². The molecule has 0 aliphatic heterocycles. The first kappa shape index (κ1) is 15.9. The summed E-state index contributed by atoms with van der Waals surface area (Å²) in [5, 5.41) is 23.3. The van der Waals surface area contributed by atoms with Crippen LogP contribution in [0.5, 0.6) is 11.5 Å². The lowest BCUT2D eigenvalue weighted by molar-refractivity contribution is 0.131. The maximum absolute atomic E-state index is 10.1. The first-order valence-corrected chi connectivity index (χ1v) is 7.54. The molecule has 1 aliphatic carbocycles. The molecule has 2 unspecified atom stereocenters. The number of hydrogen-bond donors (Lipinski definition) is 3. The van der Waals surface area contributed by atoms with Crippen molar-refractivity contribution in [1.82, 2.24) is 5.32 Å². The number of ether oxygens (including phenoxy) is 1. The Hall–Kier alpha value is -1.52. The molecule has 3 N–H and O–H groups in total. The van der Waals surface area contributed by atoms with Crippen LogP contribution in [0.15, 0.2) is 24.8 Å². The fraction of sp³-hybridized carbons (Fsp3) is 0.529. The molecule has 4 heteroatoms. The van der Waals surface area contributed by atoms with Crippen molar-refractivity contribution < 1.29 is 14.9 Å². The summed E-state index contributed by atoms with van der Waals surface area (Å²) >= 11 is 0. The van der Waals surface area contributed by atoms with Crippen LogP contribution in [0.1, 0.15) is 30.4 Å². The summed E-state index contributed by atoms with van der Waals surface area (Å²) < 4.78 is 5.22. The summed E-state index contributed by atoms with van der Waals surface area (Å²) in [6, 6.07) is 3.82. The van der Waals surface area contributed by atoms with Crippen molar-refractivity contribution >= 4 is 0 Å². The van der Waals surface area contributed by atoms with Crippen LogP contribution in [0.25, 0.3) is 0 Å². The number of hydrogen-bond acceptors (Lipinski definition) is 4. The van der Waals surface area contributed by atoms with Gasteiger partial charge >= 0.3 is 0 Å². The topological polar surface area (TPSA) is 61.7 Å². The number of phenols is 1. The Labute approximate surface area is 126 Å². The van der Waals surface area contributed by atoms with E-state index in [-0.39, 0.29) is 11.9 Å². The monoisotopic (exact) mass is 291 g/mol. The van der Waals surface area contributed by atoms with E-state index in [2.05, 4.69) is 11.9 Å². The summed E-state index contributed by atoms with van der Waals surface area (Å²) in [4.78, 5) is 0. The van der Waals surface area contributed by atoms with Crippen LogP contribution < -0.4 is 10.1 Å². The van der Waals surface area contributed by atoms with Gasteiger partial charge in [0.2, 0.25) is 0 Å². The smallest absolute Gasteiger partial charge is 0.161 e. The van der Waals surface area contributed by atoms with Gasteiger partial charge in [0.25, 0.3) is 0 Å². The second-order valence-corrected chi connectivity index (χ2v) is 5.69. The molecule has 0 bridgehead atoms. The van der Waals surface area contributed by atoms with Crippen molar-refractivity contribution in [2.24, 2.45) is 5.92 Å². The Morgan fingerprint density at radius 2 is 2.24 bits per heavy atom. The van der Waals surface area contributed by atoms with Crippen molar-refractivity contribution in [3.63, 3.8) is 0 Å². The number of aliphatic hydroxyl groups excluding tert-OH is 1. The van der Waals surface area contributed by atoms with Crippen LogP contribution in [0.2, 0.25) is 0 Å². The van der Waals surface area contributed by atoms with E-state index in [1.807, 2.05) is 12.1 Å². The highest BCUT2D eigenvalue weighted by molar-refractivity contribution is 5.49. The predicted molar refractivity (Wildman–Crippen MR) is 83.6 cm³/mol. The molecule has 1 aliphatic rings. The number of rotatable bonds is 7. The Kier molecular flexibility index (Phi) is 5.65. The maximum atomic E-state index is 10.1. The molecular formula is C17H25NO3. The van der Waals surface area contributed by atoms with Crippen LogP contribution in [-0.4, -0.2) is 30.0 Å². The van der Waals surface area contributed by atoms with E-state index >= 15 is 0 Å². The number of aliphatic hydroxyl groups is 1. The van der Waals surface area contributed by atoms with Gasteiger partial charge in [-0.1, -0.05) is 18.6 Å². The molecule has 0 amide bonds. The minimum absolute atomic E-state index is 0.164. The van der Waals surface area contributed by atoms with Gasteiger partial charge in [0.1, 0.15) is 0 Å². The standard InChI is InChI=1S/C17H25NO3/c1-3-5-13-8-12(9-16(21-2)17(13)20)10-18-11-14-6-4-7-15(14)19/h3,8-9,14-15,18-20H,1,4-7,10-11H2,2H3. The minimum Gasteiger partial charge on any atom is -0.504 e. The van der Waals surface area contributed by atoms with Gasteiger partial charge in [0.15, 0.2) is 11.5 Å². The maximum Gasteiger partial charge on any atom is 0.161 e. The van der Waals surface area contributed by atoms with Crippen molar-refractivity contribution in [2.45, 2.75) is 38.3 Å². The molecule has 1 aromatic carbocycles. The summed E-state index contributed by atoms with van der Waals surface area (Å²) in [6.45, 7) is 5.23. The highest BCUT2D eigenvalue weighted by Crippen LogP contribution is 2.32. The van der Waals surface area contributed by atoms with Gasteiger partial charge in [-0.2, -0.15) is 0 Å². The lowest BCUT2D eigenvalue weighted by Crippen LogP contribution is -2.27. The zero-order chi connectivity index (χ0) is 15.2. The third kappa shape index (κ3) is 3.99. The Morgan fingerprint density at radius 3 is 2.86 bits per heavy atom. The second-order valence-electron chi connectivity index (χ2n) is 5.69. The Morgan fingerprint density at radius 1 is 1.43 bits per heavy atom. The number of nitrogens with one attached hydrogen (secondary N) is 1. The lowest BCUT2D eigenvalue weighted by atomic mass is 10.0. The van der Waals surface area contributed by atoms with E-state index in [0.29, 0.717) is 24.6 Å². The van der Waals surface area contributed by atoms with E-state index in [4.69, 9.17) is 4.74 Å². The number of phenolic OH excluding ortho intramolecular Hbond substituents is 1. The van der Waals surface area contributed by atoms with Crippen LogP contribution in [0, 0.1) is 5.92 Å². The summed E-state index contributed by atoms with van der Waals surface area (Å²) in [6.07, 6.45) is 5.34. The number of allylic oxidation sites excluding steroid dienone is 1. The summed E-state index contributed by atoms with van der Waals surface area (Å²) in [5.41, 5.74) is 1.89. The molecular weight excluding hydrogens is 266 g/mol. The van der Waals surface area contributed by atoms with Crippen molar-refractivity contribution in [3.05, 3.63) is 35.9 Å². The third-order valence-corrected chi connectivity index (χ3v) is 4.15. The molecule has 2 rings (SSSR count). The van der Waals surface area contributed by atoms with Crippen LogP contribution >= 0.6 is 0 Å². The second kappa shape index (κ2) is 7.48. The fourth-order valence-electron chi connectivity index (χ4n) is 2.95. The molecule has 0 spiro atoms. The molecule has 4 nitrogen and oxygen atoms in total. The Bertz CT molecular complexity index is 487. The van der Waals surface area contributed by atoms with Gasteiger partial charge in [-0.3, -0.25) is 0 Å². The van der Waals surface area contributed by atoms with E-state index in [0.717, 1.165) is 36.9 Å². The average molecular weight is 291 g/mol. The summed E-state index contributed by atoms with van der Waals surface area (Å²) in [5.74, 6) is 1.04. The molecule has 0 radical (unpaired) electrons. The van der Waals surface area contributed by atoms with Crippen molar-refractivity contribution in [3.8, 4) is 11.5 Å². The molecule has 0 heterocycles. The zero-order valence-corrected chi connectivity index (χ0v) is 12.6. The minimum atomic E-state index is -0.164. The first-order valence-electron chi connectivity index (χ1n) is 7.54. The molecule has 1 saturated carbocycles. The van der Waals surface area contributed by atoms with Gasteiger partial charge in [0, 0.05) is 18.7 Å². The number of benzene rings is 1. The molecule has 0 saturated heterocycles. The molecule has 1 fully saturated rings. The highest BCUT2D eigenvalue weighted by atomic mass is 16.5. The lowest BCUT2D eigenvalue weighted by Gasteiger charge is -2.16. The molecule has 116 valence electrons. The van der Waals surface area contributed by atoms with E-state index in [1.165, 1.54) is 0 Å². The van der Waals surface area contributed by atoms with Crippen molar-refractivity contribution in [2.75, 3.05) is 13.7 Å². The quantitative estimate of drug-likeness (QED) is 0.675. The zero-order valence-electron chi connectivity index (χ0n) is 12.6. The number of aromatic hydroxyl groups is 1. The fourth-order valence-corrected chi connectivity index (χ4v) is 2.95. The SMILES string of the molecule is C=CCc1cc(CNCC2CCCC2O)cc(OC)c1O. The van der Waals surface area contributed by atoms with Crippen molar-refractivity contribution in [1.29, 1.82) is 0 Å². The average Bonchev–Trinajstić information content (AvgIpc) is 2.88. The van der Waals surface area contributed by atoms with E-state index in [9.17, 15) is 10.2 Å². The largest absolute Gasteiger partial charge is 0.504 e.